The van der Waals surface area contributed by atoms with Crippen molar-refractivity contribution in [1.82, 2.24) is 5.32 Å². The van der Waals surface area contributed by atoms with Crippen LogP contribution < -0.4 is 11.1 Å². The van der Waals surface area contributed by atoms with Crippen molar-refractivity contribution in [2.45, 2.75) is 27.2 Å². The molecule has 0 aliphatic rings. The highest BCUT2D eigenvalue weighted by molar-refractivity contribution is 7.84. The van der Waals surface area contributed by atoms with Crippen LogP contribution in [0.25, 0.3) is 0 Å². The lowest BCUT2D eigenvalue weighted by molar-refractivity contribution is 0.305. The molecule has 0 aromatic carbocycles. The molecule has 0 aliphatic heterocycles. The summed E-state index contributed by atoms with van der Waals surface area (Å²) in [5.74, 6) is 1.63. The lowest BCUT2D eigenvalue weighted by Crippen LogP contribution is -2.35. The SMILES string of the molecule is CCS(=O)CCNCCC(C)(C)C(N)=NO. The van der Waals surface area contributed by atoms with E-state index in [1.807, 2.05) is 20.8 Å². The van der Waals surface area contributed by atoms with Gasteiger partial charge in [0.05, 0.1) is 0 Å². The Bertz CT molecular complexity index is 254. The van der Waals surface area contributed by atoms with Crippen molar-refractivity contribution in [2.24, 2.45) is 16.3 Å². The van der Waals surface area contributed by atoms with E-state index in [0.717, 1.165) is 19.5 Å². The van der Waals surface area contributed by atoms with E-state index in [0.29, 0.717) is 11.5 Å². The molecule has 16 heavy (non-hydrogen) atoms. The normalized spacial score (nSPS) is 15.1. The maximum atomic E-state index is 11.1. The largest absolute Gasteiger partial charge is 0.409 e. The van der Waals surface area contributed by atoms with Crippen molar-refractivity contribution in [1.29, 1.82) is 0 Å². The first-order chi connectivity index (χ1) is 7.44. The van der Waals surface area contributed by atoms with Crippen LogP contribution in [0.15, 0.2) is 5.16 Å². The van der Waals surface area contributed by atoms with Gasteiger partial charge in [-0.1, -0.05) is 25.9 Å². The summed E-state index contributed by atoms with van der Waals surface area (Å²) in [6.45, 7) is 7.27. The zero-order chi connectivity index (χ0) is 12.6. The molecule has 0 saturated carbocycles. The molecule has 0 aromatic heterocycles. The molecule has 0 fully saturated rings. The van der Waals surface area contributed by atoms with E-state index in [4.69, 9.17) is 10.9 Å². The Kier molecular flexibility index (Phi) is 7.33. The summed E-state index contributed by atoms with van der Waals surface area (Å²) in [5, 5.41) is 14.8. The molecular weight excluding hydrogens is 226 g/mol. The second-order valence-electron chi connectivity index (χ2n) is 4.30. The summed E-state index contributed by atoms with van der Waals surface area (Å²) < 4.78 is 11.1. The van der Waals surface area contributed by atoms with Gasteiger partial charge in [-0.2, -0.15) is 0 Å². The minimum atomic E-state index is -0.713. The standard InChI is InChI=1S/C10H23N3O2S/c1-4-16(15)8-7-12-6-5-10(2,3)9(11)13-14/h12,14H,4-8H2,1-3H3,(H2,11,13). The number of amidine groups is 1. The molecule has 6 heteroatoms. The van der Waals surface area contributed by atoms with Crippen LogP contribution in [0, 0.1) is 5.41 Å². The van der Waals surface area contributed by atoms with Gasteiger partial charge in [-0.05, 0) is 13.0 Å². The zero-order valence-electron chi connectivity index (χ0n) is 10.3. The molecule has 0 heterocycles. The average molecular weight is 249 g/mol. The Balaban J connectivity index is 3.70. The van der Waals surface area contributed by atoms with Gasteiger partial charge in [0.25, 0.3) is 0 Å². The van der Waals surface area contributed by atoms with Gasteiger partial charge in [0, 0.05) is 34.3 Å². The molecule has 0 spiro atoms. The van der Waals surface area contributed by atoms with Gasteiger partial charge < -0.3 is 16.3 Å². The van der Waals surface area contributed by atoms with E-state index in [9.17, 15) is 4.21 Å². The van der Waals surface area contributed by atoms with Crippen LogP contribution in [0.5, 0.6) is 0 Å². The highest BCUT2D eigenvalue weighted by Gasteiger charge is 2.22. The van der Waals surface area contributed by atoms with Crippen molar-refractivity contribution in [3.05, 3.63) is 0 Å². The van der Waals surface area contributed by atoms with E-state index in [-0.39, 0.29) is 11.3 Å². The third kappa shape index (κ3) is 6.07. The summed E-state index contributed by atoms with van der Waals surface area (Å²) in [4.78, 5) is 0. The molecule has 0 aliphatic carbocycles. The Morgan fingerprint density at radius 2 is 2.12 bits per heavy atom. The van der Waals surface area contributed by atoms with Crippen LogP contribution in [-0.2, 0) is 10.8 Å². The zero-order valence-corrected chi connectivity index (χ0v) is 11.1. The van der Waals surface area contributed by atoms with E-state index in [1.54, 1.807) is 0 Å². The van der Waals surface area contributed by atoms with Crippen LogP contribution in [0.3, 0.4) is 0 Å². The highest BCUT2D eigenvalue weighted by Crippen LogP contribution is 2.19. The fraction of sp³-hybridized carbons (Fsp3) is 0.900. The van der Waals surface area contributed by atoms with Gasteiger partial charge in [0.2, 0.25) is 0 Å². The Morgan fingerprint density at radius 1 is 1.50 bits per heavy atom. The van der Waals surface area contributed by atoms with E-state index in [2.05, 4.69) is 10.5 Å². The quantitative estimate of drug-likeness (QED) is 0.192. The first-order valence-electron chi connectivity index (χ1n) is 5.47. The second-order valence-corrected chi connectivity index (χ2v) is 6.17. The molecule has 96 valence electrons. The molecule has 0 radical (unpaired) electrons. The highest BCUT2D eigenvalue weighted by atomic mass is 32.2. The summed E-state index contributed by atoms with van der Waals surface area (Å²) in [6.07, 6.45) is 0.779. The van der Waals surface area contributed by atoms with Gasteiger partial charge >= 0.3 is 0 Å². The molecule has 1 atom stereocenters. The van der Waals surface area contributed by atoms with Crippen molar-refractivity contribution < 1.29 is 9.42 Å². The summed E-state index contributed by atoms with van der Waals surface area (Å²) in [6, 6.07) is 0. The molecule has 0 bridgehead atoms. The van der Waals surface area contributed by atoms with E-state index in [1.165, 1.54) is 0 Å². The topological polar surface area (TPSA) is 87.7 Å². The fourth-order valence-corrected chi connectivity index (χ4v) is 1.78. The van der Waals surface area contributed by atoms with Crippen molar-refractivity contribution in [2.75, 3.05) is 24.6 Å². The minimum absolute atomic E-state index is 0.242. The molecule has 0 rings (SSSR count). The summed E-state index contributed by atoms with van der Waals surface area (Å²) >= 11 is 0. The molecule has 1 unspecified atom stereocenters. The number of nitrogens with two attached hydrogens (primary N) is 1. The van der Waals surface area contributed by atoms with Crippen LogP contribution in [-0.4, -0.2) is 39.8 Å². The third-order valence-corrected chi connectivity index (χ3v) is 3.86. The Hall–Kier alpha value is -0.620. The number of nitrogens with one attached hydrogen (secondary N) is 1. The third-order valence-electron chi connectivity index (χ3n) is 2.56. The van der Waals surface area contributed by atoms with Crippen LogP contribution in [0.2, 0.25) is 0 Å². The van der Waals surface area contributed by atoms with E-state index >= 15 is 0 Å². The van der Waals surface area contributed by atoms with Crippen molar-refractivity contribution in [3.63, 3.8) is 0 Å². The minimum Gasteiger partial charge on any atom is -0.409 e. The van der Waals surface area contributed by atoms with Gasteiger partial charge in [-0.3, -0.25) is 4.21 Å². The van der Waals surface area contributed by atoms with E-state index < -0.39 is 10.8 Å². The Labute approximate surface area is 99.9 Å². The first-order valence-corrected chi connectivity index (χ1v) is 6.96. The smallest absolute Gasteiger partial charge is 0.144 e. The molecule has 0 amide bonds. The Morgan fingerprint density at radius 3 is 2.62 bits per heavy atom. The maximum absolute atomic E-state index is 11.1. The molecule has 0 aromatic rings. The van der Waals surface area contributed by atoms with Gasteiger partial charge in [0.1, 0.15) is 5.84 Å². The van der Waals surface area contributed by atoms with Crippen LogP contribution in [0.4, 0.5) is 0 Å². The van der Waals surface area contributed by atoms with Crippen molar-refractivity contribution in [3.8, 4) is 0 Å². The second kappa shape index (κ2) is 7.62. The fourth-order valence-electron chi connectivity index (χ4n) is 1.12. The first kappa shape index (κ1) is 15.4. The lowest BCUT2D eigenvalue weighted by Gasteiger charge is -2.22. The van der Waals surface area contributed by atoms with Gasteiger partial charge in [-0.25, -0.2) is 0 Å². The number of oxime groups is 1. The summed E-state index contributed by atoms with van der Waals surface area (Å²) in [5.41, 5.74) is 5.24. The molecular formula is C10H23N3O2S. The predicted molar refractivity (Wildman–Crippen MR) is 68.2 cm³/mol. The molecule has 0 saturated heterocycles. The van der Waals surface area contributed by atoms with Gasteiger partial charge in [-0.15, -0.1) is 0 Å². The number of hydrogen-bond donors (Lipinski definition) is 3. The lowest BCUT2D eigenvalue weighted by atomic mass is 9.88. The predicted octanol–water partition coefficient (Wildman–Crippen LogP) is 0.507. The molecule has 5 nitrogen and oxygen atoms in total. The number of nitrogens with zero attached hydrogens (tertiary/aromatic N) is 1. The summed E-state index contributed by atoms with van der Waals surface area (Å²) in [7, 11) is -0.713. The average Bonchev–Trinajstić information content (AvgIpc) is 2.26. The van der Waals surface area contributed by atoms with Crippen LogP contribution in [0.1, 0.15) is 27.2 Å². The number of hydrogen-bond acceptors (Lipinski definition) is 4. The van der Waals surface area contributed by atoms with Gasteiger partial charge in [0.15, 0.2) is 0 Å². The number of rotatable bonds is 8. The maximum Gasteiger partial charge on any atom is 0.144 e. The molecule has 4 N–H and O–H groups in total. The van der Waals surface area contributed by atoms with Crippen molar-refractivity contribution >= 4 is 16.6 Å². The monoisotopic (exact) mass is 249 g/mol. The van der Waals surface area contributed by atoms with Crippen LogP contribution >= 0.6 is 0 Å².